The number of dihydropyridines is 1. The smallest absolute Gasteiger partial charge is 0.336 e. The Morgan fingerprint density at radius 3 is 2.13 bits per heavy atom. The van der Waals surface area contributed by atoms with Crippen molar-refractivity contribution in [1.82, 2.24) is 5.32 Å². The Bertz CT molecular complexity index is 931. The fourth-order valence-corrected chi connectivity index (χ4v) is 4.42. The predicted octanol–water partition coefficient (Wildman–Crippen LogP) is 3.49. The van der Waals surface area contributed by atoms with Gasteiger partial charge in [-0.15, -0.1) is 0 Å². The second kappa shape index (κ2) is 8.05. The highest BCUT2D eigenvalue weighted by Gasteiger charge is 2.43. The molecule has 1 heterocycles. The third kappa shape index (κ3) is 3.64. The standard InChI is InChI=1S/C23H29NO6/c1-12-18(22(26)30-7)19(20-14(24-12)10-23(2,3)11-15(20)25)13-8-16(27-4)21(29-6)17(9-13)28-5/h8-9,19,24H,10-11H2,1-7H3. The van der Waals surface area contributed by atoms with Crippen LogP contribution in [0.1, 0.15) is 45.1 Å². The SMILES string of the molecule is COC(=O)C1=C(C)NC2=C(C(=O)CC(C)(C)C2)C1c1cc(OC)c(OC)c(OC)c1. The van der Waals surface area contributed by atoms with E-state index in [4.69, 9.17) is 18.9 Å². The van der Waals surface area contributed by atoms with Gasteiger partial charge in [0.2, 0.25) is 5.75 Å². The molecule has 1 aliphatic heterocycles. The van der Waals surface area contributed by atoms with Crippen molar-refractivity contribution in [2.24, 2.45) is 5.41 Å². The number of allylic oxidation sites excluding steroid dienone is 3. The Morgan fingerprint density at radius 2 is 1.63 bits per heavy atom. The number of Topliss-reactive ketones (excluding diaryl/α,β-unsaturated/α-hetero) is 1. The molecule has 2 aliphatic rings. The average molecular weight is 415 g/mol. The Balaban J connectivity index is 2.29. The number of rotatable bonds is 5. The van der Waals surface area contributed by atoms with Gasteiger partial charge in [0.25, 0.3) is 0 Å². The van der Waals surface area contributed by atoms with Crippen molar-refractivity contribution in [3.05, 3.63) is 40.2 Å². The summed E-state index contributed by atoms with van der Waals surface area (Å²) in [6.07, 6.45) is 1.11. The Morgan fingerprint density at radius 1 is 1.03 bits per heavy atom. The molecule has 0 saturated carbocycles. The molecule has 0 bridgehead atoms. The average Bonchev–Trinajstić information content (AvgIpc) is 2.69. The second-order valence-electron chi connectivity index (χ2n) is 8.38. The van der Waals surface area contributed by atoms with Crippen molar-refractivity contribution >= 4 is 11.8 Å². The molecule has 0 radical (unpaired) electrons. The first-order valence-corrected chi connectivity index (χ1v) is 9.79. The number of hydrogen-bond donors (Lipinski definition) is 1. The van der Waals surface area contributed by atoms with Crippen molar-refractivity contribution in [3.8, 4) is 17.2 Å². The molecule has 1 atom stereocenters. The quantitative estimate of drug-likeness (QED) is 0.737. The molecular weight excluding hydrogens is 386 g/mol. The lowest BCUT2D eigenvalue weighted by Crippen LogP contribution is -2.38. The van der Waals surface area contributed by atoms with Crippen LogP contribution in [0.4, 0.5) is 0 Å². The van der Waals surface area contributed by atoms with Gasteiger partial charge in [-0.3, -0.25) is 4.79 Å². The molecule has 1 aliphatic carbocycles. The molecule has 0 amide bonds. The molecule has 1 aromatic carbocycles. The zero-order valence-electron chi connectivity index (χ0n) is 18.6. The summed E-state index contributed by atoms with van der Waals surface area (Å²) in [7, 11) is 5.93. The normalized spacial score (nSPS) is 20.4. The first-order valence-electron chi connectivity index (χ1n) is 9.79. The number of carbonyl (C=O) groups excluding carboxylic acids is 2. The van der Waals surface area contributed by atoms with Crippen LogP contribution < -0.4 is 19.5 Å². The van der Waals surface area contributed by atoms with Gasteiger partial charge in [0.15, 0.2) is 17.3 Å². The molecule has 0 aromatic heterocycles. The minimum absolute atomic E-state index is 0.0152. The van der Waals surface area contributed by atoms with Crippen LogP contribution in [0.15, 0.2) is 34.7 Å². The maximum atomic E-state index is 13.3. The highest BCUT2D eigenvalue weighted by molar-refractivity contribution is 6.04. The van der Waals surface area contributed by atoms with Crippen LogP contribution in [-0.4, -0.2) is 40.2 Å². The van der Waals surface area contributed by atoms with E-state index in [-0.39, 0.29) is 11.2 Å². The van der Waals surface area contributed by atoms with E-state index < -0.39 is 11.9 Å². The number of methoxy groups -OCH3 is 4. The molecule has 1 unspecified atom stereocenters. The first kappa shape index (κ1) is 21.7. The zero-order chi connectivity index (χ0) is 22.2. The Labute approximate surface area is 177 Å². The van der Waals surface area contributed by atoms with Gasteiger partial charge < -0.3 is 24.3 Å². The van der Waals surface area contributed by atoms with Crippen molar-refractivity contribution in [3.63, 3.8) is 0 Å². The number of hydrogen-bond acceptors (Lipinski definition) is 7. The van der Waals surface area contributed by atoms with Crippen LogP contribution in [0.2, 0.25) is 0 Å². The molecular formula is C23H29NO6. The number of ketones is 1. The number of ether oxygens (including phenoxy) is 4. The summed E-state index contributed by atoms with van der Waals surface area (Å²) in [5, 5.41) is 3.30. The van der Waals surface area contributed by atoms with Gasteiger partial charge >= 0.3 is 5.97 Å². The summed E-state index contributed by atoms with van der Waals surface area (Å²) in [6.45, 7) is 5.96. The molecule has 7 nitrogen and oxygen atoms in total. The molecule has 1 aromatic rings. The van der Waals surface area contributed by atoms with Gasteiger partial charge in [0, 0.05) is 29.3 Å². The van der Waals surface area contributed by atoms with Crippen LogP contribution in [0.3, 0.4) is 0 Å². The Hall–Kier alpha value is -2.96. The van der Waals surface area contributed by atoms with Gasteiger partial charge in [-0.25, -0.2) is 4.79 Å². The molecule has 30 heavy (non-hydrogen) atoms. The number of benzene rings is 1. The molecule has 7 heteroatoms. The lowest BCUT2D eigenvalue weighted by Gasteiger charge is -2.39. The summed E-state index contributed by atoms with van der Waals surface area (Å²) in [5.74, 6) is 0.301. The summed E-state index contributed by atoms with van der Waals surface area (Å²) < 4.78 is 21.5. The van der Waals surface area contributed by atoms with E-state index in [0.29, 0.717) is 52.5 Å². The lowest BCUT2D eigenvalue weighted by atomic mass is 9.68. The van der Waals surface area contributed by atoms with Gasteiger partial charge in [-0.1, -0.05) is 13.8 Å². The highest BCUT2D eigenvalue weighted by Crippen LogP contribution is 2.49. The summed E-state index contributed by atoms with van der Waals surface area (Å²) >= 11 is 0. The van der Waals surface area contributed by atoms with Crippen molar-refractivity contribution in [2.75, 3.05) is 28.4 Å². The van der Waals surface area contributed by atoms with E-state index in [1.165, 1.54) is 28.4 Å². The first-order chi connectivity index (χ1) is 14.2. The van der Waals surface area contributed by atoms with E-state index in [0.717, 1.165) is 5.70 Å². The fraction of sp³-hybridized carbons (Fsp3) is 0.478. The molecule has 3 rings (SSSR count). The van der Waals surface area contributed by atoms with Gasteiger partial charge in [-0.2, -0.15) is 0 Å². The van der Waals surface area contributed by atoms with Crippen LogP contribution in [0.5, 0.6) is 17.2 Å². The molecule has 0 saturated heterocycles. The van der Waals surface area contributed by atoms with Crippen LogP contribution in [0, 0.1) is 5.41 Å². The summed E-state index contributed by atoms with van der Waals surface area (Å²) in [4.78, 5) is 26.0. The zero-order valence-corrected chi connectivity index (χ0v) is 18.6. The maximum Gasteiger partial charge on any atom is 0.336 e. The minimum atomic E-state index is -0.592. The molecule has 162 valence electrons. The topological polar surface area (TPSA) is 83.1 Å². The van der Waals surface area contributed by atoms with E-state index in [9.17, 15) is 9.59 Å². The predicted molar refractivity (Wildman–Crippen MR) is 112 cm³/mol. The summed E-state index contributed by atoms with van der Waals surface area (Å²) in [6, 6.07) is 3.57. The molecule has 0 spiro atoms. The van der Waals surface area contributed by atoms with E-state index in [1.54, 1.807) is 12.1 Å². The maximum absolute atomic E-state index is 13.3. The highest BCUT2D eigenvalue weighted by atomic mass is 16.5. The lowest BCUT2D eigenvalue weighted by molar-refractivity contribution is -0.136. The van der Waals surface area contributed by atoms with Crippen molar-refractivity contribution in [2.45, 2.75) is 39.5 Å². The van der Waals surface area contributed by atoms with Crippen LogP contribution in [0.25, 0.3) is 0 Å². The largest absolute Gasteiger partial charge is 0.493 e. The van der Waals surface area contributed by atoms with Crippen molar-refractivity contribution in [1.29, 1.82) is 0 Å². The minimum Gasteiger partial charge on any atom is -0.493 e. The van der Waals surface area contributed by atoms with Crippen LogP contribution >= 0.6 is 0 Å². The van der Waals surface area contributed by atoms with E-state index in [2.05, 4.69) is 19.2 Å². The number of carbonyl (C=O) groups is 2. The van der Waals surface area contributed by atoms with Crippen molar-refractivity contribution < 1.29 is 28.5 Å². The number of nitrogens with one attached hydrogen (secondary N) is 1. The Kier molecular flexibility index (Phi) is 5.83. The van der Waals surface area contributed by atoms with Gasteiger partial charge in [0.1, 0.15) is 0 Å². The summed E-state index contributed by atoms with van der Waals surface area (Å²) in [5.41, 5.74) is 3.05. The number of esters is 1. The molecule has 0 fully saturated rings. The third-order valence-electron chi connectivity index (χ3n) is 5.67. The molecule has 1 N–H and O–H groups in total. The van der Waals surface area contributed by atoms with E-state index >= 15 is 0 Å². The van der Waals surface area contributed by atoms with Gasteiger partial charge in [0.05, 0.1) is 34.0 Å². The van der Waals surface area contributed by atoms with Crippen LogP contribution in [-0.2, 0) is 14.3 Å². The van der Waals surface area contributed by atoms with Gasteiger partial charge in [-0.05, 0) is 36.5 Å². The second-order valence-corrected chi connectivity index (χ2v) is 8.38. The third-order valence-corrected chi connectivity index (χ3v) is 5.67. The van der Waals surface area contributed by atoms with E-state index in [1.807, 2.05) is 6.92 Å². The monoisotopic (exact) mass is 415 g/mol. The fourth-order valence-electron chi connectivity index (χ4n) is 4.42.